The number of nitrogens with one attached hydrogen (secondary N) is 2. The zero-order valence-electron chi connectivity index (χ0n) is 20.0. The number of carbonyl (C=O) groups excluding carboxylic acids is 2. The van der Waals surface area contributed by atoms with Crippen molar-refractivity contribution in [3.8, 4) is 0 Å². The molecule has 0 bridgehead atoms. The standard InChI is InChI=1S/C25H42N2O4/c1-18-14-20(16-24(3,4)26-18)30-22(28)12-10-8-7-9-11-13-23(29)31-21-15-19(2)27-25(5,6)17-21/h20-21,26-27H,1-2,7-17H2,3-6H3. The number of ether oxygens (including phenoxy) is 2. The summed E-state index contributed by atoms with van der Waals surface area (Å²) in [7, 11) is 0. The zero-order valence-corrected chi connectivity index (χ0v) is 20.0. The molecule has 2 aliphatic rings. The number of carbonyl (C=O) groups is 2. The van der Waals surface area contributed by atoms with Gasteiger partial charge >= 0.3 is 11.9 Å². The molecular formula is C25H42N2O4. The quantitative estimate of drug-likeness (QED) is 0.376. The average molecular weight is 435 g/mol. The van der Waals surface area contributed by atoms with Crippen molar-refractivity contribution in [3.05, 3.63) is 24.6 Å². The van der Waals surface area contributed by atoms with Gasteiger partial charge in [-0.1, -0.05) is 32.4 Å². The predicted molar refractivity (Wildman–Crippen MR) is 123 cm³/mol. The minimum atomic E-state index is -0.120. The first-order chi connectivity index (χ1) is 14.4. The van der Waals surface area contributed by atoms with Gasteiger partial charge in [0.2, 0.25) is 0 Å². The summed E-state index contributed by atoms with van der Waals surface area (Å²) in [6.07, 6.45) is 8.33. The van der Waals surface area contributed by atoms with Crippen molar-refractivity contribution >= 4 is 11.9 Å². The molecule has 2 atom stereocenters. The number of hydrogen-bond donors (Lipinski definition) is 2. The maximum atomic E-state index is 12.1. The molecule has 2 heterocycles. The number of esters is 2. The molecule has 0 aromatic heterocycles. The molecule has 0 saturated carbocycles. The van der Waals surface area contributed by atoms with Gasteiger partial charge in [-0.15, -0.1) is 0 Å². The van der Waals surface area contributed by atoms with Gasteiger partial charge in [0, 0.05) is 61.0 Å². The summed E-state index contributed by atoms with van der Waals surface area (Å²) in [5, 5.41) is 6.68. The Hall–Kier alpha value is -1.98. The van der Waals surface area contributed by atoms with E-state index in [1.165, 1.54) is 0 Å². The normalized spacial score (nSPS) is 24.6. The topological polar surface area (TPSA) is 76.7 Å². The highest BCUT2D eigenvalue weighted by atomic mass is 16.5. The minimum Gasteiger partial charge on any atom is -0.462 e. The average Bonchev–Trinajstić information content (AvgIpc) is 2.57. The first kappa shape index (κ1) is 25.3. The van der Waals surface area contributed by atoms with E-state index in [4.69, 9.17) is 9.47 Å². The van der Waals surface area contributed by atoms with Gasteiger partial charge in [0.15, 0.2) is 0 Å². The smallest absolute Gasteiger partial charge is 0.306 e. The monoisotopic (exact) mass is 434 g/mol. The van der Waals surface area contributed by atoms with Gasteiger partial charge < -0.3 is 20.1 Å². The van der Waals surface area contributed by atoms with Gasteiger partial charge in [-0.05, 0) is 40.5 Å². The van der Waals surface area contributed by atoms with Crippen LogP contribution in [0.15, 0.2) is 24.6 Å². The van der Waals surface area contributed by atoms with Gasteiger partial charge in [-0.3, -0.25) is 9.59 Å². The maximum absolute atomic E-state index is 12.1. The van der Waals surface area contributed by atoms with Gasteiger partial charge in [0.05, 0.1) is 0 Å². The molecule has 0 aromatic rings. The summed E-state index contributed by atoms with van der Waals surface area (Å²) in [6, 6.07) is 0. The lowest BCUT2D eigenvalue weighted by molar-refractivity contribution is -0.151. The van der Waals surface area contributed by atoms with E-state index in [0.717, 1.165) is 56.3 Å². The third-order valence-corrected chi connectivity index (χ3v) is 5.81. The van der Waals surface area contributed by atoms with Crippen molar-refractivity contribution < 1.29 is 19.1 Å². The Morgan fingerprint density at radius 3 is 1.48 bits per heavy atom. The summed E-state index contributed by atoms with van der Waals surface area (Å²) in [6.45, 7) is 16.3. The van der Waals surface area contributed by atoms with Gasteiger partial charge in [0.1, 0.15) is 12.2 Å². The molecule has 0 amide bonds. The summed E-state index contributed by atoms with van der Waals surface area (Å²) >= 11 is 0. The van der Waals surface area contributed by atoms with Gasteiger partial charge in [0.25, 0.3) is 0 Å². The van der Waals surface area contributed by atoms with Crippen LogP contribution in [0.25, 0.3) is 0 Å². The van der Waals surface area contributed by atoms with Crippen molar-refractivity contribution in [2.75, 3.05) is 0 Å². The van der Waals surface area contributed by atoms with E-state index in [-0.39, 0.29) is 35.2 Å². The molecule has 2 saturated heterocycles. The van der Waals surface area contributed by atoms with Crippen LogP contribution >= 0.6 is 0 Å². The van der Waals surface area contributed by atoms with Crippen LogP contribution in [0.3, 0.4) is 0 Å². The van der Waals surface area contributed by atoms with E-state index in [1.54, 1.807) is 0 Å². The summed E-state index contributed by atoms with van der Waals surface area (Å²) in [5.74, 6) is -0.240. The first-order valence-corrected chi connectivity index (χ1v) is 11.7. The molecule has 0 spiro atoms. The Morgan fingerprint density at radius 2 is 1.13 bits per heavy atom. The molecule has 2 N–H and O–H groups in total. The summed E-state index contributed by atoms with van der Waals surface area (Å²) in [5.41, 5.74) is 1.70. The third-order valence-electron chi connectivity index (χ3n) is 5.81. The molecule has 31 heavy (non-hydrogen) atoms. The van der Waals surface area contributed by atoms with Gasteiger partial charge in [-0.2, -0.15) is 0 Å². The second-order valence-corrected chi connectivity index (χ2v) is 10.5. The fourth-order valence-corrected chi connectivity index (χ4v) is 4.72. The van der Waals surface area contributed by atoms with Crippen molar-refractivity contribution in [1.82, 2.24) is 10.6 Å². The van der Waals surface area contributed by atoms with Gasteiger partial charge in [-0.25, -0.2) is 0 Å². The highest BCUT2D eigenvalue weighted by Gasteiger charge is 2.32. The maximum Gasteiger partial charge on any atom is 0.306 e. The van der Waals surface area contributed by atoms with Crippen molar-refractivity contribution in [2.45, 2.75) is 122 Å². The lowest BCUT2D eigenvalue weighted by Gasteiger charge is -2.38. The van der Waals surface area contributed by atoms with E-state index in [9.17, 15) is 9.59 Å². The first-order valence-electron chi connectivity index (χ1n) is 11.7. The molecule has 0 radical (unpaired) electrons. The highest BCUT2D eigenvalue weighted by molar-refractivity contribution is 5.70. The zero-order chi connectivity index (χ0) is 23.1. The number of hydrogen-bond acceptors (Lipinski definition) is 6. The fraction of sp³-hybridized carbons (Fsp3) is 0.760. The van der Waals surface area contributed by atoms with E-state index in [1.807, 2.05) is 0 Å². The van der Waals surface area contributed by atoms with E-state index < -0.39 is 0 Å². The van der Waals surface area contributed by atoms with Crippen molar-refractivity contribution in [1.29, 1.82) is 0 Å². The van der Waals surface area contributed by atoms with Crippen molar-refractivity contribution in [2.24, 2.45) is 0 Å². The molecule has 2 fully saturated rings. The highest BCUT2D eigenvalue weighted by Crippen LogP contribution is 2.27. The molecule has 0 aromatic carbocycles. The van der Waals surface area contributed by atoms with E-state index in [2.05, 4.69) is 51.5 Å². The van der Waals surface area contributed by atoms with Crippen LogP contribution in [0.5, 0.6) is 0 Å². The van der Waals surface area contributed by atoms with Crippen LogP contribution in [-0.4, -0.2) is 35.2 Å². The fourth-order valence-electron chi connectivity index (χ4n) is 4.72. The van der Waals surface area contributed by atoms with Crippen LogP contribution in [-0.2, 0) is 19.1 Å². The second kappa shape index (κ2) is 11.1. The van der Waals surface area contributed by atoms with Crippen LogP contribution in [0, 0.1) is 0 Å². The molecule has 6 nitrogen and oxygen atoms in total. The number of unbranched alkanes of at least 4 members (excludes halogenated alkanes) is 4. The molecule has 0 aliphatic carbocycles. The number of rotatable bonds is 10. The molecule has 6 heteroatoms. The lowest BCUT2D eigenvalue weighted by Crippen LogP contribution is -2.47. The molecule has 2 aliphatic heterocycles. The SMILES string of the molecule is C=C1CC(OC(=O)CCCCCCCC(=O)OC2CC(=C)NC(C)(C)C2)CC(C)(C)N1. The van der Waals surface area contributed by atoms with Crippen molar-refractivity contribution in [3.63, 3.8) is 0 Å². The lowest BCUT2D eigenvalue weighted by atomic mass is 9.89. The summed E-state index contributed by atoms with van der Waals surface area (Å²) < 4.78 is 11.3. The summed E-state index contributed by atoms with van der Waals surface area (Å²) in [4.78, 5) is 24.2. The predicted octanol–water partition coefficient (Wildman–Crippen LogP) is 4.89. The van der Waals surface area contributed by atoms with E-state index in [0.29, 0.717) is 25.7 Å². The largest absolute Gasteiger partial charge is 0.462 e. The van der Waals surface area contributed by atoms with Crippen LogP contribution in [0.1, 0.15) is 98.3 Å². The Bertz CT molecular complexity index is 612. The molecular weight excluding hydrogens is 392 g/mol. The minimum absolute atomic E-state index is 0.0787. The van der Waals surface area contributed by atoms with Crippen LogP contribution < -0.4 is 10.6 Å². The molecule has 2 rings (SSSR count). The molecule has 2 unspecified atom stereocenters. The third kappa shape index (κ3) is 9.79. The van der Waals surface area contributed by atoms with Crippen LogP contribution in [0.2, 0.25) is 0 Å². The number of piperidine rings is 2. The van der Waals surface area contributed by atoms with E-state index >= 15 is 0 Å². The Kier molecular flexibility index (Phi) is 9.01. The Labute approximate surface area is 188 Å². The Morgan fingerprint density at radius 1 is 0.774 bits per heavy atom. The van der Waals surface area contributed by atoms with Crippen LogP contribution in [0.4, 0.5) is 0 Å². The Balaban J connectivity index is 1.50. The molecule has 176 valence electrons. The second-order valence-electron chi connectivity index (χ2n) is 10.5.